The number of anilines is 2. The highest BCUT2D eigenvalue weighted by atomic mass is 32.2. The zero-order valence-electron chi connectivity index (χ0n) is 23.3. The maximum atomic E-state index is 13.9. The van der Waals surface area contributed by atoms with Gasteiger partial charge in [-0.1, -0.05) is 43.3 Å². The second-order valence-electron chi connectivity index (χ2n) is 10.5. The van der Waals surface area contributed by atoms with Crippen molar-refractivity contribution in [2.45, 2.75) is 41.9 Å². The molecule has 2 fully saturated rings. The number of aromatic nitrogens is 2. The SMILES string of the molecule is CC[C@H]1COCCN1c1cc(C2(S(=O)(=O)c3ccccc3)CC2)nc(-c2ccc(NC(=O)Oc3ccccc3)cc2)n1. The molecule has 1 aliphatic heterocycles. The number of hydrogen-bond acceptors (Lipinski definition) is 8. The molecule has 9 nitrogen and oxygen atoms in total. The Labute approximate surface area is 245 Å². The van der Waals surface area contributed by atoms with Gasteiger partial charge >= 0.3 is 6.09 Å². The number of morpholine rings is 1. The number of para-hydroxylation sites is 1. The van der Waals surface area contributed by atoms with Gasteiger partial charge in [0.2, 0.25) is 0 Å². The molecule has 0 bridgehead atoms. The van der Waals surface area contributed by atoms with E-state index in [4.69, 9.17) is 19.4 Å². The quantitative estimate of drug-likeness (QED) is 0.275. The Balaban J connectivity index is 1.34. The first-order valence-electron chi connectivity index (χ1n) is 14.1. The summed E-state index contributed by atoms with van der Waals surface area (Å²) in [6, 6.07) is 26.5. The van der Waals surface area contributed by atoms with Crippen LogP contribution in [0.15, 0.2) is 95.9 Å². The van der Waals surface area contributed by atoms with Crippen LogP contribution in [0.4, 0.5) is 16.3 Å². The fraction of sp³-hybridized carbons (Fsp3) is 0.281. The zero-order valence-corrected chi connectivity index (χ0v) is 24.1. The minimum absolute atomic E-state index is 0.123. The second kappa shape index (κ2) is 11.5. The van der Waals surface area contributed by atoms with Crippen molar-refractivity contribution in [1.29, 1.82) is 0 Å². The third kappa shape index (κ3) is 5.47. The van der Waals surface area contributed by atoms with E-state index in [1.807, 2.05) is 30.3 Å². The Kier molecular flexibility index (Phi) is 7.66. The van der Waals surface area contributed by atoms with Crippen molar-refractivity contribution in [2.24, 2.45) is 0 Å². The molecule has 1 saturated carbocycles. The van der Waals surface area contributed by atoms with Gasteiger partial charge in [-0.2, -0.15) is 0 Å². The monoisotopic (exact) mass is 584 g/mol. The molecule has 1 aromatic heterocycles. The van der Waals surface area contributed by atoms with Crippen LogP contribution in [-0.2, 0) is 19.3 Å². The van der Waals surface area contributed by atoms with Crippen molar-refractivity contribution >= 4 is 27.4 Å². The molecule has 10 heteroatoms. The largest absolute Gasteiger partial charge is 0.417 e. The Bertz CT molecular complexity index is 1660. The summed E-state index contributed by atoms with van der Waals surface area (Å²) in [4.78, 5) is 24.6. The molecule has 1 aliphatic carbocycles. The lowest BCUT2D eigenvalue weighted by atomic mass is 10.1. The fourth-order valence-corrected chi connectivity index (χ4v) is 7.27. The highest BCUT2D eigenvalue weighted by Gasteiger charge is 2.58. The number of nitrogens with one attached hydrogen (secondary N) is 1. The number of rotatable bonds is 8. The minimum atomic E-state index is -3.69. The van der Waals surface area contributed by atoms with Gasteiger partial charge < -0.3 is 14.4 Å². The predicted octanol–water partition coefficient (Wildman–Crippen LogP) is 5.83. The molecule has 1 amide bonds. The summed E-state index contributed by atoms with van der Waals surface area (Å²) >= 11 is 0. The van der Waals surface area contributed by atoms with Gasteiger partial charge in [-0.3, -0.25) is 5.32 Å². The van der Waals surface area contributed by atoms with E-state index in [0.29, 0.717) is 71.8 Å². The van der Waals surface area contributed by atoms with Gasteiger partial charge in [0.25, 0.3) is 0 Å². The van der Waals surface area contributed by atoms with Crippen LogP contribution < -0.4 is 15.0 Å². The van der Waals surface area contributed by atoms with E-state index >= 15 is 0 Å². The number of ether oxygens (including phenoxy) is 2. The lowest BCUT2D eigenvalue weighted by Crippen LogP contribution is -2.45. The summed E-state index contributed by atoms with van der Waals surface area (Å²) in [5.41, 5.74) is 1.75. The first-order chi connectivity index (χ1) is 20.4. The molecule has 3 aromatic carbocycles. The number of benzene rings is 3. The van der Waals surface area contributed by atoms with Gasteiger partial charge in [0.1, 0.15) is 16.3 Å². The molecule has 2 aliphatic rings. The molecule has 2 heterocycles. The smallest absolute Gasteiger partial charge is 0.410 e. The van der Waals surface area contributed by atoms with E-state index < -0.39 is 20.7 Å². The molecule has 0 radical (unpaired) electrons. The standard InChI is InChI=1S/C32H32N4O5S/c1-2-25-22-40-20-19-36(25)29-21-28(32(17-18-32)42(38,39)27-11-7-4-8-12-27)34-30(35-29)23-13-15-24(16-14-23)33-31(37)41-26-9-5-3-6-10-26/h3-16,21,25H,2,17-20,22H2,1H3,(H,33,37)/t25-/m0/s1. The summed E-state index contributed by atoms with van der Waals surface area (Å²) < 4.78 is 37.7. The summed E-state index contributed by atoms with van der Waals surface area (Å²) in [5.74, 6) is 1.56. The average molecular weight is 585 g/mol. The van der Waals surface area contributed by atoms with Gasteiger partial charge in [0.15, 0.2) is 15.7 Å². The summed E-state index contributed by atoms with van der Waals surface area (Å²) in [5, 5.41) is 2.73. The van der Waals surface area contributed by atoms with Crippen LogP contribution in [-0.4, -0.2) is 50.3 Å². The molecule has 42 heavy (non-hydrogen) atoms. The van der Waals surface area contributed by atoms with Crippen LogP contribution >= 0.6 is 0 Å². The number of sulfone groups is 1. The third-order valence-electron chi connectivity index (χ3n) is 7.79. The molecular formula is C32H32N4O5S. The maximum absolute atomic E-state index is 13.9. The van der Waals surface area contributed by atoms with E-state index in [1.54, 1.807) is 60.7 Å². The van der Waals surface area contributed by atoms with Crippen molar-refractivity contribution in [3.05, 3.63) is 96.7 Å². The van der Waals surface area contributed by atoms with Gasteiger partial charge in [0, 0.05) is 23.9 Å². The maximum Gasteiger partial charge on any atom is 0.417 e. The van der Waals surface area contributed by atoms with Crippen LogP contribution in [0.2, 0.25) is 0 Å². The summed E-state index contributed by atoms with van der Waals surface area (Å²) in [6.07, 6.45) is 1.25. The highest BCUT2D eigenvalue weighted by Crippen LogP contribution is 2.55. The number of carbonyl (C=O) groups is 1. The van der Waals surface area contributed by atoms with Crippen molar-refractivity contribution in [1.82, 2.24) is 9.97 Å². The van der Waals surface area contributed by atoms with Gasteiger partial charge in [-0.15, -0.1) is 0 Å². The van der Waals surface area contributed by atoms with E-state index in [2.05, 4.69) is 17.1 Å². The van der Waals surface area contributed by atoms with Crippen LogP contribution in [0.5, 0.6) is 5.75 Å². The third-order valence-corrected chi connectivity index (χ3v) is 10.3. The fourth-order valence-electron chi connectivity index (χ4n) is 5.28. The van der Waals surface area contributed by atoms with Crippen molar-refractivity contribution in [3.8, 4) is 17.1 Å². The molecule has 216 valence electrons. The molecule has 0 unspecified atom stereocenters. The van der Waals surface area contributed by atoms with E-state index in [1.165, 1.54) is 0 Å². The van der Waals surface area contributed by atoms with Crippen molar-refractivity contribution in [2.75, 3.05) is 30.0 Å². The molecule has 1 saturated heterocycles. The molecule has 1 atom stereocenters. The average Bonchev–Trinajstić information content (AvgIpc) is 3.85. The molecule has 6 rings (SSSR count). The lowest BCUT2D eigenvalue weighted by Gasteiger charge is -2.36. The van der Waals surface area contributed by atoms with Crippen LogP contribution in [0.25, 0.3) is 11.4 Å². The van der Waals surface area contributed by atoms with Crippen molar-refractivity contribution in [3.63, 3.8) is 0 Å². The first-order valence-corrected chi connectivity index (χ1v) is 15.6. The first kappa shape index (κ1) is 27.9. The Morgan fingerprint density at radius 1 is 1.00 bits per heavy atom. The lowest BCUT2D eigenvalue weighted by molar-refractivity contribution is 0.0925. The molecular weight excluding hydrogens is 552 g/mol. The van der Waals surface area contributed by atoms with Gasteiger partial charge in [-0.25, -0.2) is 23.2 Å². The van der Waals surface area contributed by atoms with Gasteiger partial charge in [0.05, 0.1) is 29.8 Å². The predicted molar refractivity (Wildman–Crippen MR) is 160 cm³/mol. The van der Waals surface area contributed by atoms with E-state index in [9.17, 15) is 13.2 Å². The Hall–Kier alpha value is -4.28. The minimum Gasteiger partial charge on any atom is -0.410 e. The normalized spacial score (nSPS) is 17.8. The number of carbonyl (C=O) groups excluding carboxylic acids is 1. The van der Waals surface area contributed by atoms with Crippen molar-refractivity contribution < 1.29 is 22.7 Å². The van der Waals surface area contributed by atoms with E-state index in [0.717, 1.165) is 6.42 Å². The second-order valence-corrected chi connectivity index (χ2v) is 12.7. The molecule has 4 aromatic rings. The number of hydrogen-bond donors (Lipinski definition) is 1. The zero-order chi connectivity index (χ0) is 29.2. The Morgan fingerprint density at radius 3 is 2.36 bits per heavy atom. The molecule has 1 N–H and O–H groups in total. The van der Waals surface area contributed by atoms with Crippen LogP contribution in [0.3, 0.4) is 0 Å². The summed E-state index contributed by atoms with van der Waals surface area (Å²) in [7, 11) is -3.69. The Morgan fingerprint density at radius 2 is 1.69 bits per heavy atom. The highest BCUT2D eigenvalue weighted by molar-refractivity contribution is 7.92. The van der Waals surface area contributed by atoms with Gasteiger partial charge in [-0.05, 0) is 67.8 Å². The number of nitrogens with zero attached hydrogens (tertiary/aromatic N) is 3. The topological polar surface area (TPSA) is 111 Å². The van der Waals surface area contributed by atoms with E-state index in [-0.39, 0.29) is 6.04 Å². The molecule has 0 spiro atoms. The number of amides is 1. The van der Waals surface area contributed by atoms with Crippen LogP contribution in [0, 0.1) is 0 Å². The van der Waals surface area contributed by atoms with Crippen LogP contribution in [0.1, 0.15) is 31.9 Å². The summed E-state index contributed by atoms with van der Waals surface area (Å²) in [6.45, 7) is 3.90.